The van der Waals surface area contributed by atoms with E-state index in [-0.39, 0.29) is 12.0 Å². The molecular formula is C5H15O3PS2. The molecule has 0 bridgehead atoms. The fourth-order valence-electron chi connectivity index (χ4n) is 0. The molecule has 0 spiro atoms. The largest absolute Gasteiger partial charge is 0.396 e. The molecule has 0 fully saturated rings. The Balaban J connectivity index is 0. The minimum atomic E-state index is -3.11. The van der Waals surface area contributed by atoms with Crippen molar-refractivity contribution < 1.29 is 14.9 Å². The number of aliphatic hydroxyl groups excluding tert-OH is 1. The Kier molecular flexibility index (Phi) is 7.22. The maximum absolute atomic E-state index is 8.40. The Morgan fingerprint density at radius 3 is 1.45 bits per heavy atom. The molecule has 3 N–H and O–H groups in total. The summed E-state index contributed by atoms with van der Waals surface area (Å²) in [5.74, 6) is 0. The van der Waals surface area contributed by atoms with Crippen LogP contribution in [0.2, 0.25) is 0 Å². The van der Waals surface area contributed by atoms with E-state index in [4.69, 9.17) is 14.9 Å². The van der Waals surface area contributed by atoms with E-state index in [0.717, 1.165) is 0 Å². The van der Waals surface area contributed by atoms with Crippen LogP contribution in [0.4, 0.5) is 0 Å². The van der Waals surface area contributed by atoms with Crippen molar-refractivity contribution in [3.05, 3.63) is 0 Å². The van der Waals surface area contributed by atoms with Crippen LogP contribution in [0.15, 0.2) is 0 Å². The molecule has 0 rings (SSSR count). The van der Waals surface area contributed by atoms with Gasteiger partial charge in [-0.1, -0.05) is 33.0 Å². The molecule has 0 atom stereocenters. The van der Waals surface area contributed by atoms with Crippen molar-refractivity contribution in [2.75, 3.05) is 6.61 Å². The molecule has 3 nitrogen and oxygen atoms in total. The van der Waals surface area contributed by atoms with Crippen LogP contribution in [0.25, 0.3) is 0 Å². The molecule has 11 heavy (non-hydrogen) atoms. The van der Waals surface area contributed by atoms with Gasteiger partial charge in [0, 0.05) is 6.61 Å². The molecule has 0 saturated carbocycles. The summed E-state index contributed by atoms with van der Waals surface area (Å²) < 4.78 is 0. The molecule has 0 unspecified atom stereocenters. The normalized spacial score (nSPS) is 11.9. The van der Waals surface area contributed by atoms with Crippen molar-refractivity contribution in [1.29, 1.82) is 0 Å². The number of hydrogen-bond donors (Lipinski definition) is 4. The first-order valence-electron chi connectivity index (χ1n) is 2.95. The van der Waals surface area contributed by atoms with Gasteiger partial charge < -0.3 is 14.9 Å². The maximum Gasteiger partial charge on any atom is 0.239 e. The third-order valence-electron chi connectivity index (χ3n) is 0.474. The number of aliphatic hydroxyl groups is 1. The van der Waals surface area contributed by atoms with Gasteiger partial charge in [-0.15, -0.1) is 0 Å². The van der Waals surface area contributed by atoms with Gasteiger partial charge in [0.25, 0.3) is 0 Å². The van der Waals surface area contributed by atoms with Crippen molar-refractivity contribution >= 4 is 29.7 Å². The number of rotatable bonds is 0. The molecule has 0 aromatic heterocycles. The van der Waals surface area contributed by atoms with Crippen LogP contribution in [0.3, 0.4) is 0 Å². The zero-order valence-corrected chi connectivity index (χ0v) is 9.46. The smallest absolute Gasteiger partial charge is 0.239 e. The van der Waals surface area contributed by atoms with E-state index >= 15 is 0 Å². The molecule has 0 aliphatic heterocycles. The molecule has 70 valence electrons. The molecule has 0 radical (unpaired) electrons. The minimum absolute atomic E-state index is 0.0972. The maximum atomic E-state index is 8.40. The lowest BCUT2D eigenvalue weighted by Gasteiger charge is -2.11. The van der Waals surface area contributed by atoms with Gasteiger partial charge in [-0.05, 0) is 17.2 Å². The summed E-state index contributed by atoms with van der Waals surface area (Å²) in [4.78, 5) is 15.7. The Bertz CT molecular complexity index is 129. The summed E-state index contributed by atoms with van der Waals surface area (Å²) in [6.07, 6.45) is 0. The summed E-state index contributed by atoms with van der Waals surface area (Å²) >= 11 is 7.07. The summed E-state index contributed by atoms with van der Waals surface area (Å²) in [6.45, 7) is 6.25. The topological polar surface area (TPSA) is 60.7 Å². The fraction of sp³-hybridized carbons (Fsp3) is 1.00. The average molecular weight is 218 g/mol. The predicted octanol–water partition coefficient (Wildman–Crippen LogP) is 1.15. The van der Waals surface area contributed by atoms with E-state index in [1.165, 1.54) is 0 Å². The van der Waals surface area contributed by atoms with Crippen LogP contribution in [0, 0.1) is 5.41 Å². The summed E-state index contributed by atoms with van der Waals surface area (Å²) in [5.41, 5.74) is -3.01. The Morgan fingerprint density at radius 1 is 1.36 bits per heavy atom. The average Bonchev–Trinajstić information content (AvgIpc) is 1.59. The SMILES string of the molecule is CC(C)(C)CO.OP(O)(=S)S. The van der Waals surface area contributed by atoms with E-state index in [2.05, 4.69) is 24.1 Å². The minimum Gasteiger partial charge on any atom is -0.396 e. The van der Waals surface area contributed by atoms with E-state index < -0.39 is 5.69 Å². The molecule has 0 aromatic carbocycles. The predicted molar refractivity (Wildman–Crippen MR) is 54.2 cm³/mol. The fourth-order valence-corrected chi connectivity index (χ4v) is 0. The summed E-state index contributed by atoms with van der Waals surface area (Å²) in [6, 6.07) is 0. The van der Waals surface area contributed by atoms with Crippen molar-refractivity contribution in [3.63, 3.8) is 0 Å². The monoisotopic (exact) mass is 218 g/mol. The lowest BCUT2D eigenvalue weighted by Crippen LogP contribution is -2.09. The highest BCUT2D eigenvalue weighted by Gasteiger charge is 2.05. The third-order valence-corrected chi connectivity index (χ3v) is 0.474. The summed E-state index contributed by atoms with van der Waals surface area (Å²) in [5, 5.41) is 8.40. The van der Waals surface area contributed by atoms with E-state index in [0.29, 0.717) is 0 Å². The molecule has 0 saturated heterocycles. The first kappa shape index (κ1) is 14.4. The van der Waals surface area contributed by atoms with Gasteiger partial charge in [0.2, 0.25) is 5.69 Å². The Labute approximate surface area is 77.8 Å². The van der Waals surface area contributed by atoms with E-state index in [1.807, 2.05) is 20.8 Å². The van der Waals surface area contributed by atoms with Crippen LogP contribution in [-0.4, -0.2) is 21.5 Å². The van der Waals surface area contributed by atoms with Gasteiger partial charge in [0.1, 0.15) is 0 Å². The summed E-state index contributed by atoms with van der Waals surface area (Å²) in [7, 11) is 0. The molecule has 0 heterocycles. The first-order chi connectivity index (χ1) is 4.56. The van der Waals surface area contributed by atoms with Gasteiger partial charge in [-0.3, -0.25) is 0 Å². The lowest BCUT2D eigenvalue weighted by molar-refractivity contribution is 0.177. The number of thiol groups is 1. The van der Waals surface area contributed by atoms with Gasteiger partial charge in [0.15, 0.2) is 0 Å². The van der Waals surface area contributed by atoms with Crippen LogP contribution < -0.4 is 0 Å². The molecule has 0 amide bonds. The van der Waals surface area contributed by atoms with Gasteiger partial charge in [0.05, 0.1) is 0 Å². The Hall–Kier alpha value is 0.880. The molecule has 0 aliphatic carbocycles. The van der Waals surface area contributed by atoms with E-state index in [9.17, 15) is 0 Å². The van der Waals surface area contributed by atoms with Crippen molar-refractivity contribution in [3.8, 4) is 0 Å². The molecule has 0 aromatic rings. The van der Waals surface area contributed by atoms with Crippen molar-refractivity contribution in [2.24, 2.45) is 5.41 Å². The zero-order chi connectivity index (χ0) is 9.71. The second-order valence-corrected chi connectivity index (χ2v) is 8.27. The Morgan fingerprint density at radius 2 is 1.45 bits per heavy atom. The highest BCUT2D eigenvalue weighted by atomic mass is 32.9. The van der Waals surface area contributed by atoms with Gasteiger partial charge in [-0.2, -0.15) is 0 Å². The second-order valence-electron chi connectivity index (χ2n) is 3.23. The molecular weight excluding hydrogens is 203 g/mol. The highest BCUT2D eigenvalue weighted by molar-refractivity contribution is 8.59. The van der Waals surface area contributed by atoms with Crippen LogP contribution in [0.1, 0.15) is 20.8 Å². The first-order valence-corrected chi connectivity index (χ1v) is 6.81. The third kappa shape index (κ3) is 57.0. The van der Waals surface area contributed by atoms with Crippen LogP contribution in [-0.2, 0) is 11.8 Å². The zero-order valence-electron chi connectivity index (χ0n) is 6.85. The quantitative estimate of drug-likeness (QED) is 0.364. The van der Waals surface area contributed by atoms with Crippen molar-refractivity contribution in [2.45, 2.75) is 20.8 Å². The highest BCUT2D eigenvalue weighted by Crippen LogP contribution is 2.39. The molecule has 6 heteroatoms. The lowest BCUT2D eigenvalue weighted by atomic mass is 9.99. The van der Waals surface area contributed by atoms with Gasteiger partial charge >= 0.3 is 0 Å². The standard InChI is InChI=1S/C5H12O.H3O2PS2/c1-5(2,3)4-6;1-3(2,4)5/h6H,4H2,1-3H3;(H3,1,2,4,5). The molecule has 0 aliphatic rings. The number of hydrogen-bond acceptors (Lipinski definition) is 2. The van der Waals surface area contributed by atoms with E-state index in [1.54, 1.807) is 0 Å². The van der Waals surface area contributed by atoms with Crippen molar-refractivity contribution in [1.82, 2.24) is 0 Å². The van der Waals surface area contributed by atoms with Crippen LogP contribution in [0.5, 0.6) is 0 Å². The van der Waals surface area contributed by atoms with Crippen LogP contribution >= 0.6 is 17.9 Å². The second kappa shape index (κ2) is 5.51. The van der Waals surface area contributed by atoms with Gasteiger partial charge in [-0.25, -0.2) is 0 Å².